The van der Waals surface area contributed by atoms with E-state index in [1.165, 1.54) is 17.0 Å². The molecule has 0 aliphatic rings. The summed E-state index contributed by atoms with van der Waals surface area (Å²) in [6, 6.07) is 6.38. The van der Waals surface area contributed by atoms with Crippen LogP contribution in [-0.2, 0) is 6.54 Å². The van der Waals surface area contributed by atoms with E-state index in [0.717, 1.165) is 18.7 Å². The summed E-state index contributed by atoms with van der Waals surface area (Å²) >= 11 is 5.13. The van der Waals surface area contributed by atoms with Gasteiger partial charge in [-0.25, -0.2) is 4.39 Å². The third-order valence-electron chi connectivity index (χ3n) is 2.28. The molecule has 0 atom stereocenters. The summed E-state index contributed by atoms with van der Waals surface area (Å²) in [5.74, 6) is -0.219. The molecule has 0 saturated heterocycles. The first kappa shape index (κ1) is 13.9. The molecule has 0 amide bonds. The van der Waals surface area contributed by atoms with Crippen LogP contribution >= 0.6 is 12.2 Å². The molecule has 0 saturated carbocycles. The fraction of sp³-hybridized carbons (Fsp3) is 0.417. The van der Waals surface area contributed by atoms with Crippen molar-refractivity contribution in [1.82, 2.24) is 10.6 Å². The van der Waals surface area contributed by atoms with Gasteiger partial charge in [0, 0.05) is 6.54 Å². The summed E-state index contributed by atoms with van der Waals surface area (Å²) in [6.45, 7) is 2.47. The standard InChI is InChI=1S/C12H18FN3S/c1-16(2)8-7-14-12(17)15-9-10-3-5-11(13)6-4-10/h3-6H,7-9H2,1-2H3,(H2,14,15,17)/p+1. The van der Waals surface area contributed by atoms with Crippen LogP contribution in [-0.4, -0.2) is 32.3 Å². The number of nitrogens with one attached hydrogen (secondary N) is 3. The number of quaternary nitrogens is 1. The van der Waals surface area contributed by atoms with Crippen LogP contribution < -0.4 is 15.5 Å². The third-order valence-corrected chi connectivity index (χ3v) is 2.57. The predicted molar refractivity (Wildman–Crippen MR) is 71.5 cm³/mol. The van der Waals surface area contributed by atoms with Gasteiger partial charge in [0.25, 0.3) is 0 Å². The number of hydrogen-bond acceptors (Lipinski definition) is 1. The van der Waals surface area contributed by atoms with Gasteiger partial charge in [-0.1, -0.05) is 12.1 Å². The van der Waals surface area contributed by atoms with Crippen LogP contribution in [0.5, 0.6) is 0 Å². The number of hydrogen-bond donors (Lipinski definition) is 3. The molecule has 1 rings (SSSR count). The Morgan fingerprint density at radius 1 is 1.24 bits per heavy atom. The van der Waals surface area contributed by atoms with E-state index in [1.54, 1.807) is 12.1 Å². The molecular weight excluding hydrogens is 237 g/mol. The molecule has 0 aliphatic carbocycles. The normalized spacial score (nSPS) is 10.4. The molecule has 0 unspecified atom stereocenters. The van der Waals surface area contributed by atoms with Gasteiger partial charge >= 0.3 is 0 Å². The maximum atomic E-state index is 12.7. The van der Waals surface area contributed by atoms with Crippen LogP contribution in [0.3, 0.4) is 0 Å². The second-order valence-corrected chi connectivity index (χ2v) is 4.60. The van der Waals surface area contributed by atoms with E-state index in [2.05, 4.69) is 24.7 Å². The Labute approximate surface area is 107 Å². The van der Waals surface area contributed by atoms with Gasteiger partial charge in [0.1, 0.15) is 5.82 Å². The molecule has 0 spiro atoms. The largest absolute Gasteiger partial charge is 0.359 e. The summed E-state index contributed by atoms with van der Waals surface area (Å²) in [5.41, 5.74) is 1.01. The Bertz CT molecular complexity index is 351. The zero-order chi connectivity index (χ0) is 12.7. The fourth-order valence-electron chi connectivity index (χ4n) is 1.27. The van der Waals surface area contributed by atoms with Gasteiger partial charge in [-0.3, -0.25) is 0 Å². The number of halogens is 1. The highest BCUT2D eigenvalue weighted by Gasteiger charge is 1.98. The second kappa shape index (κ2) is 7.19. The van der Waals surface area contributed by atoms with Gasteiger partial charge in [-0.05, 0) is 29.9 Å². The third kappa shape index (κ3) is 6.19. The van der Waals surface area contributed by atoms with E-state index in [4.69, 9.17) is 12.2 Å². The van der Waals surface area contributed by atoms with Crippen molar-refractivity contribution in [2.24, 2.45) is 0 Å². The molecule has 0 bridgehead atoms. The Morgan fingerprint density at radius 2 is 1.88 bits per heavy atom. The highest BCUT2D eigenvalue weighted by atomic mass is 32.1. The molecule has 1 aromatic rings. The smallest absolute Gasteiger partial charge is 0.166 e. The van der Waals surface area contributed by atoms with Crippen molar-refractivity contribution in [1.29, 1.82) is 0 Å². The lowest BCUT2D eigenvalue weighted by atomic mass is 10.2. The minimum Gasteiger partial charge on any atom is -0.359 e. The SMILES string of the molecule is C[NH+](C)CCNC(=S)NCc1ccc(F)cc1. The molecule has 0 aliphatic heterocycles. The topological polar surface area (TPSA) is 28.5 Å². The maximum Gasteiger partial charge on any atom is 0.166 e. The Hall–Kier alpha value is -1.20. The Balaban J connectivity index is 2.21. The van der Waals surface area contributed by atoms with E-state index in [-0.39, 0.29) is 5.82 Å². The molecule has 0 radical (unpaired) electrons. The number of benzene rings is 1. The molecule has 3 nitrogen and oxygen atoms in total. The van der Waals surface area contributed by atoms with Gasteiger partial charge in [0.2, 0.25) is 0 Å². The van der Waals surface area contributed by atoms with Gasteiger partial charge in [0.15, 0.2) is 5.11 Å². The Morgan fingerprint density at radius 3 is 2.47 bits per heavy atom. The molecule has 5 heteroatoms. The van der Waals surface area contributed by atoms with Crippen LogP contribution in [0, 0.1) is 5.82 Å². The molecule has 1 aromatic carbocycles. The summed E-state index contributed by atoms with van der Waals surface area (Å²) in [7, 11) is 4.19. The lowest BCUT2D eigenvalue weighted by Gasteiger charge is -2.12. The van der Waals surface area contributed by atoms with Crippen molar-refractivity contribution in [2.45, 2.75) is 6.54 Å². The summed E-state index contributed by atoms with van der Waals surface area (Å²) in [5, 5.41) is 6.84. The lowest BCUT2D eigenvalue weighted by molar-refractivity contribution is -0.856. The lowest BCUT2D eigenvalue weighted by Crippen LogP contribution is -3.06. The van der Waals surface area contributed by atoms with Crippen LogP contribution in [0.4, 0.5) is 4.39 Å². The van der Waals surface area contributed by atoms with Crippen molar-refractivity contribution in [3.8, 4) is 0 Å². The second-order valence-electron chi connectivity index (χ2n) is 4.19. The molecular formula is C12H19FN3S+. The zero-order valence-corrected chi connectivity index (χ0v) is 11.0. The van der Waals surface area contributed by atoms with Crippen molar-refractivity contribution in [3.63, 3.8) is 0 Å². The fourth-order valence-corrected chi connectivity index (χ4v) is 1.45. The van der Waals surface area contributed by atoms with Crippen LogP contribution in [0.2, 0.25) is 0 Å². The van der Waals surface area contributed by atoms with Crippen LogP contribution in [0.15, 0.2) is 24.3 Å². The van der Waals surface area contributed by atoms with Crippen molar-refractivity contribution in [2.75, 3.05) is 27.2 Å². The average Bonchev–Trinajstić information content (AvgIpc) is 2.28. The van der Waals surface area contributed by atoms with Crippen molar-refractivity contribution >= 4 is 17.3 Å². The summed E-state index contributed by atoms with van der Waals surface area (Å²) < 4.78 is 12.7. The molecule has 94 valence electrons. The van der Waals surface area contributed by atoms with E-state index in [0.29, 0.717) is 11.7 Å². The minimum absolute atomic E-state index is 0.219. The Kier molecular flexibility index (Phi) is 5.86. The van der Waals surface area contributed by atoms with Crippen LogP contribution in [0.25, 0.3) is 0 Å². The number of thiocarbonyl (C=S) groups is 1. The summed E-state index contributed by atoms with van der Waals surface area (Å²) in [6.07, 6.45) is 0. The summed E-state index contributed by atoms with van der Waals surface area (Å²) in [4.78, 5) is 1.37. The molecule has 0 aromatic heterocycles. The highest BCUT2D eigenvalue weighted by Crippen LogP contribution is 2.01. The maximum absolute atomic E-state index is 12.7. The van der Waals surface area contributed by atoms with E-state index in [9.17, 15) is 4.39 Å². The van der Waals surface area contributed by atoms with Crippen molar-refractivity contribution < 1.29 is 9.29 Å². The van der Waals surface area contributed by atoms with Gasteiger partial charge < -0.3 is 15.5 Å². The number of likely N-dealkylation sites (N-methyl/N-ethyl adjacent to an activating group) is 1. The monoisotopic (exact) mass is 256 g/mol. The molecule has 0 fully saturated rings. The van der Waals surface area contributed by atoms with Crippen molar-refractivity contribution in [3.05, 3.63) is 35.6 Å². The van der Waals surface area contributed by atoms with E-state index in [1.807, 2.05) is 0 Å². The minimum atomic E-state index is -0.219. The first-order valence-corrected chi connectivity index (χ1v) is 6.04. The first-order valence-electron chi connectivity index (χ1n) is 5.63. The highest BCUT2D eigenvalue weighted by molar-refractivity contribution is 7.80. The quantitative estimate of drug-likeness (QED) is 0.644. The molecule has 3 N–H and O–H groups in total. The number of rotatable bonds is 5. The van der Waals surface area contributed by atoms with Crippen LogP contribution in [0.1, 0.15) is 5.56 Å². The zero-order valence-electron chi connectivity index (χ0n) is 10.2. The van der Waals surface area contributed by atoms with E-state index >= 15 is 0 Å². The first-order chi connectivity index (χ1) is 8.08. The molecule has 0 heterocycles. The predicted octanol–water partition coefficient (Wildman–Crippen LogP) is -0.0657. The van der Waals surface area contributed by atoms with Gasteiger partial charge in [-0.15, -0.1) is 0 Å². The average molecular weight is 256 g/mol. The van der Waals surface area contributed by atoms with Gasteiger partial charge in [-0.2, -0.15) is 0 Å². The van der Waals surface area contributed by atoms with Gasteiger partial charge in [0.05, 0.1) is 27.2 Å². The molecule has 17 heavy (non-hydrogen) atoms. The van der Waals surface area contributed by atoms with E-state index < -0.39 is 0 Å².